The Kier molecular flexibility index (Phi) is 11.2. The van der Waals surface area contributed by atoms with E-state index in [0.717, 1.165) is 51.8 Å². The molecule has 1 aromatic rings. The normalized spacial score (nSPS) is 18.3. The molecule has 0 saturated heterocycles. The van der Waals surface area contributed by atoms with E-state index in [9.17, 15) is 14.9 Å². The molecule has 0 unspecified atom stereocenters. The van der Waals surface area contributed by atoms with Crippen LogP contribution >= 0.6 is 0 Å². The van der Waals surface area contributed by atoms with Gasteiger partial charge in [0, 0.05) is 44.1 Å². The topological polar surface area (TPSA) is 88.0 Å². The van der Waals surface area contributed by atoms with E-state index in [1.165, 1.54) is 31.4 Å². The van der Waals surface area contributed by atoms with Crippen LogP contribution in [0.2, 0.25) is 0 Å². The number of carbonyl (C=O) groups excluding carboxylic acids is 1. The third kappa shape index (κ3) is 8.96. The highest BCUT2D eigenvalue weighted by molar-refractivity contribution is 5.89. The van der Waals surface area contributed by atoms with Crippen molar-refractivity contribution in [2.45, 2.75) is 63.5 Å². The second-order valence-corrected chi connectivity index (χ2v) is 8.61. The molecule has 1 saturated carbocycles. The van der Waals surface area contributed by atoms with Gasteiger partial charge in [0.1, 0.15) is 0 Å². The van der Waals surface area contributed by atoms with E-state index in [1.807, 2.05) is 6.08 Å². The van der Waals surface area contributed by atoms with Crippen molar-refractivity contribution in [2.75, 3.05) is 39.1 Å². The van der Waals surface area contributed by atoms with Crippen LogP contribution in [0.1, 0.15) is 51.4 Å². The first-order valence-corrected chi connectivity index (χ1v) is 11.6. The molecule has 1 aliphatic rings. The lowest BCUT2D eigenvalue weighted by Crippen LogP contribution is -2.42. The number of amides is 2. The summed E-state index contributed by atoms with van der Waals surface area (Å²) in [6, 6.07) is 5.86. The fourth-order valence-corrected chi connectivity index (χ4v) is 4.04. The summed E-state index contributed by atoms with van der Waals surface area (Å²) in [6.07, 6.45) is 10.7. The van der Waals surface area contributed by atoms with Crippen molar-refractivity contribution in [3.05, 3.63) is 47.0 Å². The Labute approximate surface area is 191 Å². The van der Waals surface area contributed by atoms with Crippen molar-refractivity contribution in [3.63, 3.8) is 0 Å². The Morgan fingerprint density at radius 1 is 1.16 bits per heavy atom. The van der Waals surface area contributed by atoms with Gasteiger partial charge in [0.25, 0.3) is 5.69 Å². The Hall–Kier alpha value is -2.45. The molecule has 8 heteroatoms. The number of nitrogens with one attached hydrogen (secondary N) is 1. The second kappa shape index (κ2) is 13.9. The summed E-state index contributed by atoms with van der Waals surface area (Å²) in [5.74, 6) is 0. The van der Waals surface area contributed by atoms with Crippen LogP contribution in [0, 0.1) is 10.1 Å². The molecule has 2 amide bonds. The smallest absolute Gasteiger partial charge is 0.321 e. The zero-order valence-electron chi connectivity index (χ0n) is 19.5. The Balaban J connectivity index is 1.59. The molecule has 0 atom stereocenters. The first-order valence-electron chi connectivity index (χ1n) is 11.6. The number of non-ortho nitro benzene ring substituents is 1. The number of nitro groups is 1. The molecule has 1 aliphatic carbocycles. The zero-order chi connectivity index (χ0) is 23.3. The fourth-order valence-electron chi connectivity index (χ4n) is 4.04. The van der Waals surface area contributed by atoms with Crippen molar-refractivity contribution in [1.29, 1.82) is 0 Å². The van der Waals surface area contributed by atoms with E-state index in [1.54, 1.807) is 24.1 Å². The molecule has 1 aromatic carbocycles. The van der Waals surface area contributed by atoms with Crippen LogP contribution in [0.4, 0.5) is 16.2 Å². The van der Waals surface area contributed by atoms with Crippen LogP contribution in [0.25, 0.3) is 0 Å². The van der Waals surface area contributed by atoms with Gasteiger partial charge in [0.05, 0.1) is 11.0 Å². The van der Waals surface area contributed by atoms with Crippen molar-refractivity contribution in [3.8, 4) is 0 Å². The van der Waals surface area contributed by atoms with Crippen LogP contribution in [0.5, 0.6) is 0 Å². The first kappa shape index (κ1) is 25.8. The van der Waals surface area contributed by atoms with E-state index in [-0.39, 0.29) is 23.9 Å². The first-order chi connectivity index (χ1) is 15.4. The molecule has 0 heterocycles. The molecule has 1 fully saturated rings. The molecule has 2 rings (SSSR count). The molecular formula is C24H38N4O4. The summed E-state index contributed by atoms with van der Waals surface area (Å²) in [7, 11) is 3.93. The lowest BCUT2D eigenvalue weighted by molar-refractivity contribution is -0.384. The maximum Gasteiger partial charge on any atom is 0.321 e. The number of likely N-dealkylation sites (N-methyl/N-ethyl adjacent to an activating group) is 1. The average Bonchev–Trinajstić information content (AvgIpc) is 2.79. The SMILES string of the molecule is C=CCN(C)CCCCCCO[C@H]1CC[C@H](N(C)C(=O)Nc2ccc([N+](=O)[O-])cc2)CC1. The van der Waals surface area contributed by atoms with E-state index < -0.39 is 4.92 Å². The third-order valence-corrected chi connectivity index (χ3v) is 6.07. The van der Waals surface area contributed by atoms with Crippen molar-refractivity contribution in [2.24, 2.45) is 0 Å². The van der Waals surface area contributed by atoms with Gasteiger partial charge in [-0.25, -0.2) is 4.79 Å². The number of unbranched alkanes of at least 4 members (excludes halogenated alkanes) is 3. The minimum Gasteiger partial charge on any atom is -0.378 e. The number of ether oxygens (including phenoxy) is 1. The summed E-state index contributed by atoms with van der Waals surface area (Å²) in [5.41, 5.74) is 0.558. The quantitative estimate of drug-likeness (QED) is 0.198. The highest BCUT2D eigenvalue weighted by atomic mass is 16.6. The second-order valence-electron chi connectivity index (χ2n) is 8.61. The third-order valence-electron chi connectivity index (χ3n) is 6.07. The molecule has 8 nitrogen and oxygen atoms in total. The lowest BCUT2D eigenvalue weighted by atomic mass is 9.92. The number of rotatable bonds is 13. The van der Waals surface area contributed by atoms with Crippen LogP contribution in [0.15, 0.2) is 36.9 Å². The predicted molar refractivity (Wildman–Crippen MR) is 128 cm³/mol. The molecule has 178 valence electrons. The van der Waals surface area contributed by atoms with E-state index in [2.05, 4.69) is 23.8 Å². The molecule has 0 spiro atoms. The van der Waals surface area contributed by atoms with Crippen molar-refractivity contribution < 1.29 is 14.5 Å². The highest BCUT2D eigenvalue weighted by Gasteiger charge is 2.27. The zero-order valence-corrected chi connectivity index (χ0v) is 19.5. The molecule has 32 heavy (non-hydrogen) atoms. The Bertz CT molecular complexity index is 717. The van der Waals surface area contributed by atoms with Gasteiger partial charge in [-0.3, -0.25) is 10.1 Å². The fraction of sp³-hybridized carbons (Fsp3) is 0.625. The van der Waals surface area contributed by atoms with Gasteiger partial charge in [-0.2, -0.15) is 0 Å². The number of hydrogen-bond donors (Lipinski definition) is 1. The van der Waals surface area contributed by atoms with Crippen molar-refractivity contribution in [1.82, 2.24) is 9.80 Å². The Morgan fingerprint density at radius 3 is 2.44 bits per heavy atom. The summed E-state index contributed by atoms with van der Waals surface area (Å²) >= 11 is 0. The minimum atomic E-state index is -0.456. The molecule has 1 N–H and O–H groups in total. The van der Waals surface area contributed by atoms with E-state index in [0.29, 0.717) is 5.69 Å². The molecule has 0 bridgehead atoms. The lowest BCUT2D eigenvalue weighted by Gasteiger charge is -2.34. The molecule has 0 radical (unpaired) electrons. The summed E-state index contributed by atoms with van der Waals surface area (Å²) in [6.45, 7) is 6.63. The number of benzene rings is 1. The van der Waals surface area contributed by atoms with Gasteiger partial charge in [-0.1, -0.05) is 18.9 Å². The summed E-state index contributed by atoms with van der Waals surface area (Å²) in [4.78, 5) is 26.8. The van der Waals surface area contributed by atoms with Crippen molar-refractivity contribution >= 4 is 17.4 Å². The van der Waals surface area contributed by atoms with Gasteiger partial charge >= 0.3 is 6.03 Å². The number of hydrogen-bond acceptors (Lipinski definition) is 5. The van der Waals surface area contributed by atoms with Crippen LogP contribution in [-0.2, 0) is 4.74 Å². The predicted octanol–water partition coefficient (Wildman–Crippen LogP) is 5.06. The number of carbonyl (C=O) groups is 1. The van der Waals surface area contributed by atoms with Gasteiger partial charge in [-0.15, -0.1) is 6.58 Å². The maximum atomic E-state index is 12.5. The van der Waals surface area contributed by atoms with Crippen LogP contribution in [0.3, 0.4) is 0 Å². The number of urea groups is 1. The van der Waals surface area contributed by atoms with Crippen LogP contribution < -0.4 is 5.32 Å². The number of anilines is 1. The maximum absolute atomic E-state index is 12.5. The van der Waals surface area contributed by atoms with E-state index >= 15 is 0 Å². The number of nitrogens with zero attached hydrogens (tertiary/aromatic N) is 3. The van der Waals surface area contributed by atoms with Gasteiger partial charge in [-0.05, 0) is 64.3 Å². The number of nitro benzene ring substituents is 1. The average molecular weight is 447 g/mol. The Morgan fingerprint density at radius 2 is 1.81 bits per heavy atom. The summed E-state index contributed by atoms with van der Waals surface area (Å²) < 4.78 is 6.07. The van der Waals surface area contributed by atoms with Crippen LogP contribution in [-0.4, -0.2) is 66.7 Å². The summed E-state index contributed by atoms with van der Waals surface area (Å²) in [5, 5.41) is 13.6. The van der Waals surface area contributed by atoms with Gasteiger partial charge in [0.2, 0.25) is 0 Å². The largest absolute Gasteiger partial charge is 0.378 e. The highest BCUT2D eigenvalue weighted by Crippen LogP contribution is 2.25. The molecule has 0 aliphatic heterocycles. The standard InChI is InChI=1S/C24H38N4O4/c1-4-17-26(2)18-7-5-6-8-19-32-23-15-13-21(14-16-23)27(3)24(29)25-20-9-11-22(12-10-20)28(30)31/h4,9-12,21,23H,1,5-8,13-19H2,2-3H3,(H,25,29)/t21-,23-. The molecular weight excluding hydrogens is 408 g/mol. The van der Waals surface area contributed by atoms with Gasteiger partial charge in [0.15, 0.2) is 0 Å². The molecule has 0 aromatic heterocycles. The minimum absolute atomic E-state index is 0.00537. The monoisotopic (exact) mass is 446 g/mol. The van der Waals surface area contributed by atoms with Gasteiger partial charge < -0.3 is 19.9 Å². The van der Waals surface area contributed by atoms with E-state index in [4.69, 9.17) is 4.74 Å².